The van der Waals surface area contributed by atoms with E-state index in [0.717, 1.165) is 18.4 Å². The minimum atomic E-state index is -3.28. The molecule has 1 aliphatic rings. The van der Waals surface area contributed by atoms with Crippen molar-refractivity contribution >= 4 is 21.8 Å². The Morgan fingerprint density at radius 3 is 2.50 bits per heavy atom. The highest BCUT2D eigenvalue weighted by molar-refractivity contribution is 7.92. The molecule has 1 aromatic heterocycles. The van der Waals surface area contributed by atoms with Crippen LogP contribution in [0.2, 0.25) is 0 Å². The second-order valence-corrected chi connectivity index (χ2v) is 8.68. The predicted octanol–water partition coefficient (Wildman–Crippen LogP) is 2.19. The summed E-state index contributed by atoms with van der Waals surface area (Å²) in [6, 6.07) is 6.71. The standard InChI is InChI=1S/C16H19N3O4S/c1-10(2)24(21,22)13-7-3-11(4-8-13)9-14-18-19-16(23-14)17-15(20)12-5-6-12/h3-4,7-8,10,12H,5-6,9H2,1-2H3,(H,17,19,20). The highest BCUT2D eigenvalue weighted by atomic mass is 32.2. The molecular weight excluding hydrogens is 330 g/mol. The molecule has 1 N–H and O–H groups in total. The summed E-state index contributed by atoms with van der Waals surface area (Å²) < 4.78 is 29.6. The zero-order valence-electron chi connectivity index (χ0n) is 13.5. The summed E-state index contributed by atoms with van der Waals surface area (Å²) in [4.78, 5) is 11.9. The topological polar surface area (TPSA) is 102 Å². The molecule has 7 nitrogen and oxygen atoms in total. The first-order chi connectivity index (χ1) is 11.4. The molecule has 0 radical (unpaired) electrons. The lowest BCUT2D eigenvalue weighted by Crippen LogP contribution is -2.13. The van der Waals surface area contributed by atoms with Gasteiger partial charge < -0.3 is 4.42 Å². The first-order valence-corrected chi connectivity index (χ1v) is 9.37. The molecule has 2 aromatic rings. The van der Waals surface area contributed by atoms with Crippen LogP contribution < -0.4 is 5.32 Å². The molecule has 1 saturated carbocycles. The molecule has 0 saturated heterocycles. The number of sulfone groups is 1. The summed E-state index contributed by atoms with van der Waals surface area (Å²) in [5.41, 5.74) is 0.849. The van der Waals surface area contributed by atoms with Crippen LogP contribution in [0.25, 0.3) is 0 Å². The Morgan fingerprint density at radius 2 is 1.92 bits per heavy atom. The lowest BCUT2D eigenvalue weighted by atomic mass is 10.1. The van der Waals surface area contributed by atoms with Crippen molar-refractivity contribution < 1.29 is 17.6 Å². The lowest BCUT2D eigenvalue weighted by Gasteiger charge is -2.08. The van der Waals surface area contributed by atoms with E-state index in [1.54, 1.807) is 38.1 Å². The normalized spacial score (nSPS) is 14.8. The minimum absolute atomic E-state index is 0.0656. The van der Waals surface area contributed by atoms with E-state index in [4.69, 9.17) is 4.42 Å². The van der Waals surface area contributed by atoms with Gasteiger partial charge in [0.2, 0.25) is 11.8 Å². The van der Waals surface area contributed by atoms with E-state index in [1.807, 2.05) is 0 Å². The van der Waals surface area contributed by atoms with E-state index in [2.05, 4.69) is 15.5 Å². The predicted molar refractivity (Wildman–Crippen MR) is 87.2 cm³/mol. The van der Waals surface area contributed by atoms with Crippen LogP contribution in [0, 0.1) is 5.92 Å². The van der Waals surface area contributed by atoms with Crippen molar-refractivity contribution in [2.24, 2.45) is 5.92 Å². The SMILES string of the molecule is CC(C)S(=O)(=O)c1ccc(Cc2nnc(NC(=O)C3CC3)o2)cc1. The number of hydrogen-bond donors (Lipinski definition) is 1. The fourth-order valence-electron chi connectivity index (χ4n) is 2.17. The Labute approximate surface area is 140 Å². The van der Waals surface area contributed by atoms with E-state index < -0.39 is 15.1 Å². The molecule has 128 valence electrons. The van der Waals surface area contributed by atoms with E-state index in [1.165, 1.54) is 0 Å². The smallest absolute Gasteiger partial charge is 0.322 e. The van der Waals surface area contributed by atoms with Gasteiger partial charge in [0.1, 0.15) is 0 Å². The molecule has 0 bridgehead atoms. The number of nitrogens with zero attached hydrogens (tertiary/aromatic N) is 2. The van der Waals surface area contributed by atoms with Crippen LogP contribution in [0.3, 0.4) is 0 Å². The quantitative estimate of drug-likeness (QED) is 0.857. The first-order valence-electron chi connectivity index (χ1n) is 7.82. The van der Waals surface area contributed by atoms with Gasteiger partial charge in [-0.05, 0) is 44.4 Å². The lowest BCUT2D eigenvalue weighted by molar-refractivity contribution is -0.117. The number of aromatic nitrogens is 2. The molecule has 0 spiro atoms. The molecule has 0 unspecified atom stereocenters. The van der Waals surface area contributed by atoms with Gasteiger partial charge in [0, 0.05) is 5.92 Å². The number of nitrogens with one attached hydrogen (secondary N) is 1. The summed E-state index contributed by atoms with van der Waals surface area (Å²) in [6.45, 7) is 3.30. The van der Waals surface area contributed by atoms with Gasteiger partial charge in [-0.1, -0.05) is 17.2 Å². The van der Waals surface area contributed by atoms with Gasteiger partial charge in [-0.25, -0.2) is 8.42 Å². The summed E-state index contributed by atoms with van der Waals surface area (Å²) in [5, 5.41) is 9.82. The zero-order chi connectivity index (χ0) is 17.3. The summed E-state index contributed by atoms with van der Waals surface area (Å²) in [5.74, 6) is 0.338. The molecule has 3 rings (SSSR count). The Kier molecular flexibility index (Phi) is 4.40. The van der Waals surface area contributed by atoms with Gasteiger partial charge in [0.25, 0.3) is 0 Å². The first kappa shape index (κ1) is 16.6. The van der Waals surface area contributed by atoms with Crippen LogP contribution in [0.5, 0.6) is 0 Å². The Hall–Kier alpha value is -2.22. The maximum absolute atomic E-state index is 12.1. The Morgan fingerprint density at radius 1 is 1.25 bits per heavy atom. The Bertz CT molecular complexity index is 836. The third-order valence-corrected chi connectivity index (χ3v) is 6.04. The van der Waals surface area contributed by atoms with Crippen molar-refractivity contribution in [3.05, 3.63) is 35.7 Å². The van der Waals surface area contributed by atoms with Gasteiger partial charge in [0.05, 0.1) is 16.6 Å². The summed E-state index contributed by atoms with van der Waals surface area (Å²) >= 11 is 0. The van der Waals surface area contributed by atoms with E-state index in [0.29, 0.717) is 17.2 Å². The van der Waals surface area contributed by atoms with Crippen LogP contribution in [0.15, 0.2) is 33.6 Å². The molecule has 1 aromatic carbocycles. The van der Waals surface area contributed by atoms with E-state index in [-0.39, 0.29) is 17.8 Å². The highest BCUT2D eigenvalue weighted by Crippen LogP contribution is 2.30. The van der Waals surface area contributed by atoms with Gasteiger partial charge in [-0.15, -0.1) is 5.10 Å². The molecular formula is C16H19N3O4S. The van der Waals surface area contributed by atoms with Crippen molar-refractivity contribution in [1.82, 2.24) is 10.2 Å². The van der Waals surface area contributed by atoms with E-state index >= 15 is 0 Å². The van der Waals surface area contributed by atoms with Crippen LogP contribution in [0.1, 0.15) is 38.1 Å². The van der Waals surface area contributed by atoms with Crippen LogP contribution in [-0.2, 0) is 21.1 Å². The second kappa shape index (κ2) is 6.35. The van der Waals surface area contributed by atoms with Gasteiger partial charge >= 0.3 is 6.01 Å². The molecule has 1 aliphatic carbocycles. The second-order valence-electron chi connectivity index (χ2n) is 6.18. The van der Waals surface area contributed by atoms with Crippen molar-refractivity contribution in [1.29, 1.82) is 0 Å². The minimum Gasteiger partial charge on any atom is -0.407 e. The average Bonchev–Trinajstić information content (AvgIpc) is 3.30. The average molecular weight is 349 g/mol. The zero-order valence-corrected chi connectivity index (χ0v) is 14.3. The number of carbonyl (C=O) groups is 1. The van der Waals surface area contributed by atoms with Crippen molar-refractivity contribution in [3.8, 4) is 0 Å². The molecule has 0 aliphatic heterocycles. The molecule has 24 heavy (non-hydrogen) atoms. The largest absolute Gasteiger partial charge is 0.407 e. The van der Waals surface area contributed by atoms with Crippen LogP contribution in [-0.4, -0.2) is 29.8 Å². The van der Waals surface area contributed by atoms with Gasteiger partial charge in [0.15, 0.2) is 9.84 Å². The fraction of sp³-hybridized carbons (Fsp3) is 0.438. The maximum Gasteiger partial charge on any atom is 0.322 e. The van der Waals surface area contributed by atoms with E-state index in [9.17, 15) is 13.2 Å². The number of rotatable bonds is 6. The third kappa shape index (κ3) is 3.64. The number of amides is 1. The molecule has 1 heterocycles. The summed E-state index contributed by atoms with van der Waals surface area (Å²) in [7, 11) is -3.28. The fourth-order valence-corrected chi connectivity index (χ4v) is 3.23. The number of carbonyl (C=O) groups excluding carboxylic acids is 1. The van der Waals surface area contributed by atoms with Gasteiger partial charge in [-0.2, -0.15) is 0 Å². The molecule has 0 atom stereocenters. The molecule has 1 amide bonds. The third-order valence-electron chi connectivity index (χ3n) is 3.87. The van der Waals surface area contributed by atoms with Crippen molar-refractivity contribution in [2.45, 2.75) is 43.3 Å². The Balaban J connectivity index is 1.66. The number of anilines is 1. The maximum atomic E-state index is 12.1. The monoisotopic (exact) mass is 349 g/mol. The molecule has 8 heteroatoms. The summed E-state index contributed by atoms with van der Waals surface area (Å²) in [6.07, 6.45) is 2.17. The van der Waals surface area contributed by atoms with Crippen molar-refractivity contribution in [2.75, 3.05) is 5.32 Å². The number of hydrogen-bond acceptors (Lipinski definition) is 6. The van der Waals surface area contributed by atoms with Crippen LogP contribution in [0.4, 0.5) is 6.01 Å². The van der Waals surface area contributed by atoms with Crippen LogP contribution >= 0.6 is 0 Å². The molecule has 1 fully saturated rings. The highest BCUT2D eigenvalue weighted by Gasteiger charge is 2.30. The van der Waals surface area contributed by atoms with Crippen molar-refractivity contribution in [3.63, 3.8) is 0 Å². The number of benzene rings is 1. The van der Waals surface area contributed by atoms with Gasteiger partial charge in [-0.3, -0.25) is 10.1 Å².